The van der Waals surface area contributed by atoms with Crippen LogP contribution < -0.4 is 15.8 Å². The Morgan fingerprint density at radius 1 is 1.07 bits per heavy atom. The Morgan fingerprint density at radius 2 is 1.87 bits per heavy atom. The molecule has 0 spiro atoms. The summed E-state index contributed by atoms with van der Waals surface area (Å²) in [5.74, 6) is 0.664. The normalized spacial score (nSPS) is 14.9. The fourth-order valence-corrected chi connectivity index (χ4v) is 4.52. The van der Waals surface area contributed by atoms with E-state index in [0.717, 1.165) is 42.3 Å². The number of H-pyrrole nitrogens is 2. The molecule has 1 amide bonds. The molecule has 8 nitrogen and oxygen atoms in total. The molecule has 4 aromatic rings. The minimum atomic E-state index is -0.295. The van der Waals surface area contributed by atoms with Crippen LogP contribution in [0, 0.1) is 0 Å². The third-order valence-electron chi connectivity index (χ3n) is 5.42. The van der Waals surface area contributed by atoms with E-state index in [1.807, 2.05) is 11.4 Å². The van der Waals surface area contributed by atoms with Gasteiger partial charge in [-0.05, 0) is 30.4 Å². The van der Waals surface area contributed by atoms with Crippen LogP contribution >= 0.6 is 11.3 Å². The molecule has 1 aromatic carbocycles. The maximum atomic E-state index is 12.8. The molecule has 0 saturated carbocycles. The van der Waals surface area contributed by atoms with Crippen molar-refractivity contribution in [1.82, 2.24) is 25.7 Å². The van der Waals surface area contributed by atoms with E-state index >= 15 is 0 Å². The second-order valence-electron chi connectivity index (χ2n) is 7.30. The molecule has 0 aliphatic carbocycles. The Bertz CT molecular complexity index is 1240. The van der Waals surface area contributed by atoms with Gasteiger partial charge < -0.3 is 10.2 Å². The number of nitrogens with zero attached hydrogens (tertiary/aromatic N) is 3. The maximum Gasteiger partial charge on any atom is 0.272 e. The number of aromatic amines is 2. The molecule has 152 valence electrons. The molecule has 3 N–H and O–H groups in total. The lowest BCUT2D eigenvalue weighted by Gasteiger charge is -2.32. The smallest absolute Gasteiger partial charge is 0.272 e. The third kappa shape index (κ3) is 3.48. The van der Waals surface area contributed by atoms with Gasteiger partial charge in [-0.3, -0.25) is 14.7 Å². The topological polar surface area (TPSA) is 107 Å². The van der Waals surface area contributed by atoms with Crippen molar-refractivity contribution in [3.8, 4) is 10.6 Å². The van der Waals surface area contributed by atoms with Gasteiger partial charge in [0.05, 0.1) is 16.0 Å². The van der Waals surface area contributed by atoms with E-state index in [-0.39, 0.29) is 23.2 Å². The molecular weight excluding hydrogens is 400 g/mol. The van der Waals surface area contributed by atoms with E-state index in [4.69, 9.17) is 0 Å². The van der Waals surface area contributed by atoms with Gasteiger partial charge >= 0.3 is 0 Å². The fourth-order valence-electron chi connectivity index (χ4n) is 3.83. The predicted octanol–water partition coefficient (Wildman–Crippen LogP) is 2.77. The summed E-state index contributed by atoms with van der Waals surface area (Å²) in [5, 5.41) is 20.1. The highest BCUT2D eigenvalue weighted by molar-refractivity contribution is 7.13. The van der Waals surface area contributed by atoms with Crippen molar-refractivity contribution in [2.75, 3.05) is 18.0 Å². The van der Waals surface area contributed by atoms with Gasteiger partial charge in [-0.15, -0.1) is 11.3 Å². The Kier molecular flexibility index (Phi) is 4.80. The maximum absolute atomic E-state index is 12.8. The zero-order valence-corrected chi connectivity index (χ0v) is 16.9. The number of thiophene rings is 1. The van der Waals surface area contributed by atoms with Gasteiger partial charge in [0.1, 0.15) is 0 Å². The van der Waals surface area contributed by atoms with Crippen LogP contribution in [-0.4, -0.2) is 45.4 Å². The molecule has 1 fully saturated rings. The van der Waals surface area contributed by atoms with Crippen LogP contribution in [0.5, 0.6) is 0 Å². The number of aromatic nitrogens is 4. The van der Waals surface area contributed by atoms with Crippen molar-refractivity contribution in [2.24, 2.45) is 0 Å². The molecule has 0 unspecified atom stereocenters. The molecule has 4 heterocycles. The summed E-state index contributed by atoms with van der Waals surface area (Å²) in [5.41, 5.74) is 0.975. The molecule has 3 aromatic heterocycles. The molecule has 1 aliphatic rings. The average molecular weight is 420 g/mol. The van der Waals surface area contributed by atoms with Crippen LogP contribution in [0.3, 0.4) is 0 Å². The number of rotatable bonds is 4. The van der Waals surface area contributed by atoms with Gasteiger partial charge in [0.2, 0.25) is 0 Å². The fraction of sp³-hybridized carbons (Fsp3) is 0.238. The minimum Gasteiger partial charge on any atom is -0.355 e. The lowest BCUT2D eigenvalue weighted by atomic mass is 10.0. The van der Waals surface area contributed by atoms with Crippen molar-refractivity contribution in [2.45, 2.75) is 18.9 Å². The standard InChI is InChI=1S/C21H20N6O2S/c28-20-15-5-2-1-4-14(15)19(25-26-20)21(29)22-13-7-9-27(10-8-13)18-12-16(23-24-18)17-6-3-11-30-17/h1-6,11-13H,7-10H2,(H,22,29)(H,23,24)(H,26,28). The second kappa shape index (κ2) is 7.75. The van der Waals surface area contributed by atoms with Crippen LogP contribution in [0.1, 0.15) is 23.3 Å². The highest BCUT2D eigenvalue weighted by Crippen LogP contribution is 2.27. The first-order valence-corrected chi connectivity index (χ1v) is 10.7. The average Bonchev–Trinajstić information content (AvgIpc) is 3.47. The summed E-state index contributed by atoms with van der Waals surface area (Å²) in [6.07, 6.45) is 1.63. The van der Waals surface area contributed by atoms with E-state index < -0.39 is 0 Å². The quantitative estimate of drug-likeness (QED) is 0.471. The first-order valence-electron chi connectivity index (χ1n) is 9.81. The highest BCUT2D eigenvalue weighted by Gasteiger charge is 2.24. The predicted molar refractivity (Wildman–Crippen MR) is 117 cm³/mol. The summed E-state index contributed by atoms with van der Waals surface area (Å²) in [6.45, 7) is 1.61. The number of piperidine rings is 1. The van der Waals surface area contributed by atoms with Crippen molar-refractivity contribution in [3.63, 3.8) is 0 Å². The Balaban J connectivity index is 1.24. The zero-order valence-electron chi connectivity index (χ0n) is 16.1. The highest BCUT2D eigenvalue weighted by atomic mass is 32.1. The van der Waals surface area contributed by atoms with Crippen LogP contribution in [-0.2, 0) is 0 Å². The van der Waals surface area contributed by atoms with E-state index in [0.29, 0.717) is 10.8 Å². The van der Waals surface area contributed by atoms with Crippen LogP contribution in [0.2, 0.25) is 0 Å². The van der Waals surface area contributed by atoms with Crippen molar-refractivity contribution >= 4 is 33.8 Å². The van der Waals surface area contributed by atoms with Crippen molar-refractivity contribution in [1.29, 1.82) is 0 Å². The summed E-state index contributed by atoms with van der Waals surface area (Å²) in [7, 11) is 0. The second-order valence-corrected chi connectivity index (χ2v) is 8.25. The van der Waals surface area contributed by atoms with Crippen LogP contribution in [0.15, 0.2) is 52.6 Å². The largest absolute Gasteiger partial charge is 0.355 e. The number of amides is 1. The number of benzene rings is 1. The Morgan fingerprint density at radius 3 is 2.63 bits per heavy atom. The first kappa shape index (κ1) is 18.6. The van der Waals surface area contributed by atoms with Crippen molar-refractivity contribution < 1.29 is 4.79 Å². The van der Waals surface area contributed by atoms with Gasteiger partial charge in [0, 0.05) is 30.6 Å². The summed E-state index contributed by atoms with van der Waals surface area (Å²) >= 11 is 1.68. The van der Waals surface area contributed by atoms with Crippen molar-refractivity contribution in [3.05, 3.63) is 63.9 Å². The number of carbonyl (C=O) groups excluding carboxylic acids is 1. The van der Waals surface area contributed by atoms with Gasteiger partial charge in [0.25, 0.3) is 11.5 Å². The zero-order chi connectivity index (χ0) is 20.5. The molecule has 30 heavy (non-hydrogen) atoms. The molecule has 1 saturated heterocycles. The lowest BCUT2D eigenvalue weighted by Crippen LogP contribution is -2.45. The molecule has 9 heteroatoms. The Hall–Kier alpha value is -3.46. The molecule has 5 rings (SSSR count). The number of hydrogen-bond acceptors (Lipinski definition) is 6. The molecule has 0 radical (unpaired) electrons. The molecule has 0 atom stereocenters. The van der Waals surface area contributed by atoms with E-state index in [2.05, 4.69) is 42.7 Å². The summed E-state index contributed by atoms with van der Waals surface area (Å²) in [6, 6.07) is 13.2. The van der Waals surface area contributed by atoms with Crippen LogP contribution in [0.25, 0.3) is 21.3 Å². The molecular formula is C21H20N6O2S. The first-order chi connectivity index (χ1) is 14.7. The van der Waals surface area contributed by atoms with Gasteiger partial charge in [-0.1, -0.05) is 24.3 Å². The number of fused-ring (bicyclic) bond motifs is 1. The van der Waals surface area contributed by atoms with Gasteiger partial charge in [-0.25, -0.2) is 5.10 Å². The number of carbonyl (C=O) groups is 1. The monoisotopic (exact) mass is 420 g/mol. The number of nitrogens with one attached hydrogen (secondary N) is 3. The number of hydrogen-bond donors (Lipinski definition) is 3. The van der Waals surface area contributed by atoms with E-state index in [9.17, 15) is 9.59 Å². The SMILES string of the molecule is O=C(NC1CCN(c2cc(-c3cccs3)[nH]n2)CC1)c1n[nH]c(=O)c2ccccc12. The number of anilines is 1. The lowest BCUT2D eigenvalue weighted by molar-refractivity contribution is 0.0927. The van der Waals surface area contributed by atoms with Gasteiger partial charge in [0.15, 0.2) is 11.5 Å². The minimum absolute atomic E-state index is 0.0527. The Labute approximate surface area is 175 Å². The molecule has 0 bridgehead atoms. The van der Waals surface area contributed by atoms with Gasteiger partial charge in [-0.2, -0.15) is 10.2 Å². The van der Waals surface area contributed by atoms with Crippen LogP contribution in [0.4, 0.5) is 5.82 Å². The summed E-state index contributed by atoms with van der Waals surface area (Å²) < 4.78 is 0. The molecule has 1 aliphatic heterocycles. The third-order valence-corrected chi connectivity index (χ3v) is 6.32. The van der Waals surface area contributed by atoms with E-state index in [1.165, 1.54) is 0 Å². The summed E-state index contributed by atoms with van der Waals surface area (Å²) in [4.78, 5) is 28.1. The van der Waals surface area contributed by atoms with E-state index in [1.54, 1.807) is 35.6 Å².